The van der Waals surface area contributed by atoms with E-state index in [0.717, 1.165) is 12.8 Å². The highest BCUT2D eigenvalue weighted by Crippen LogP contribution is 2.26. The standard InChI is InChI=1S/C14H18N2O3/c1-10-7-11(8-10)15-14(19)16(9-13(17)18)12-5-3-2-4-6-12/h2-6,10-11H,7-9H2,1H3,(H,15,19)(H,17,18). The summed E-state index contributed by atoms with van der Waals surface area (Å²) in [5.74, 6) is -0.393. The molecule has 5 nitrogen and oxygen atoms in total. The average Bonchev–Trinajstić information content (AvgIpc) is 2.35. The van der Waals surface area contributed by atoms with E-state index < -0.39 is 5.97 Å². The Morgan fingerprint density at radius 3 is 2.47 bits per heavy atom. The molecule has 0 bridgehead atoms. The molecule has 1 aliphatic rings. The van der Waals surface area contributed by atoms with Crippen molar-refractivity contribution in [2.75, 3.05) is 11.4 Å². The van der Waals surface area contributed by atoms with Crippen LogP contribution in [0.1, 0.15) is 19.8 Å². The molecule has 0 saturated heterocycles. The van der Waals surface area contributed by atoms with Crippen LogP contribution in [0, 0.1) is 5.92 Å². The summed E-state index contributed by atoms with van der Waals surface area (Å²) in [6.45, 7) is 1.80. The molecule has 5 heteroatoms. The number of nitrogens with one attached hydrogen (secondary N) is 1. The first-order valence-corrected chi connectivity index (χ1v) is 6.41. The van der Waals surface area contributed by atoms with E-state index in [0.29, 0.717) is 11.6 Å². The van der Waals surface area contributed by atoms with Crippen molar-refractivity contribution < 1.29 is 14.7 Å². The molecule has 1 aliphatic carbocycles. The van der Waals surface area contributed by atoms with Gasteiger partial charge in [0.15, 0.2) is 0 Å². The second-order valence-corrected chi connectivity index (χ2v) is 5.04. The molecule has 1 saturated carbocycles. The molecule has 2 N–H and O–H groups in total. The van der Waals surface area contributed by atoms with Crippen LogP contribution in [-0.2, 0) is 4.79 Å². The third-order valence-corrected chi connectivity index (χ3v) is 3.31. The van der Waals surface area contributed by atoms with Gasteiger partial charge in [0.2, 0.25) is 0 Å². The summed E-state index contributed by atoms with van der Waals surface area (Å²) in [6.07, 6.45) is 1.92. The number of benzene rings is 1. The molecule has 0 aromatic heterocycles. The Labute approximate surface area is 112 Å². The maximum Gasteiger partial charge on any atom is 0.323 e. The molecule has 2 amide bonds. The van der Waals surface area contributed by atoms with Crippen LogP contribution < -0.4 is 10.2 Å². The van der Waals surface area contributed by atoms with Crippen molar-refractivity contribution in [1.82, 2.24) is 5.32 Å². The average molecular weight is 262 g/mol. The number of para-hydroxylation sites is 1. The van der Waals surface area contributed by atoms with Gasteiger partial charge in [-0.05, 0) is 30.9 Å². The Morgan fingerprint density at radius 1 is 1.32 bits per heavy atom. The van der Waals surface area contributed by atoms with Crippen LogP contribution in [0.25, 0.3) is 0 Å². The first kappa shape index (κ1) is 13.4. The van der Waals surface area contributed by atoms with Gasteiger partial charge in [-0.1, -0.05) is 25.1 Å². The Hall–Kier alpha value is -2.04. The molecule has 1 aromatic carbocycles. The summed E-state index contributed by atoms with van der Waals surface area (Å²) >= 11 is 0. The van der Waals surface area contributed by atoms with Crippen LogP contribution in [0.2, 0.25) is 0 Å². The van der Waals surface area contributed by atoms with Crippen molar-refractivity contribution in [1.29, 1.82) is 0 Å². The van der Waals surface area contributed by atoms with Gasteiger partial charge in [0.05, 0.1) is 0 Å². The minimum Gasteiger partial charge on any atom is -0.480 e. The number of anilines is 1. The van der Waals surface area contributed by atoms with Crippen LogP contribution >= 0.6 is 0 Å². The quantitative estimate of drug-likeness (QED) is 0.872. The number of hydrogen-bond donors (Lipinski definition) is 2. The van der Waals surface area contributed by atoms with E-state index in [1.165, 1.54) is 4.90 Å². The van der Waals surface area contributed by atoms with Crippen LogP contribution in [0.15, 0.2) is 30.3 Å². The van der Waals surface area contributed by atoms with Gasteiger partial charge in [-0.25, -0.2) is 4.79 Å². The minimum absolute atomic E-state index is 0.169. The highest BCUT2D eigenvalue weighted by Gasteiger charge is 2.29. The van der Waals surface area contributed by atoms with Crippen LogP contribution in [-0.4, -0.2) is 29.7 Å². The zero-order valence-electron chi connectivity index (χ0n) is 10.9. The fourth-order valence-electron chi connectivity index (χ4n) is 2.30. The molecule has 1 fully saturated rings. The number of carbonyl (C=O) groups is 2. The van der Waals surface area contributed by atoms with E-state index in [1.54, 1.807) is 24.3 Å². The molecular weight excluding hydrogens is 244 g/mol. The molecule has 0 aliphatic heterocycles. The lowest BCUT2D eigenvalue weighted by Gasteiger charge is -2.35. The van der Waals surface area contributed by atoms with Gasteiger partial charge in [-0.2, -0.15) is 0 Å². The summed E-state index contributed by atoms with van der Waals surface area (Å²) in [6, 6.07) is 8.67. The third kappa shape index (κ3) is 3.47. The molecule has 0 atom stereocenters. The smallest absolute Gasteiger partial charge is 0.323 e. The third-order valence-electron chi connectivity index (χ3n) is 3.31. The highest BCUT2D eigenvalue weighted by atomic mass is 16.4. The number of rotatable bonds is 4. The second-order valence-electron chi connectivity index (χ2n) is 5.04. The summed E-state index contributed by atoms with van der Waals surface area (Å²) in [5, 5.41) is 11.8. The number of amides is 2. The molecule has 2 rings (SSSR count). The fraction of sp³-hybridized carbons (Fsp3) is 0.429. The predicted molar refractivity (Wildman–Crippen MR) is 72.1 cm³/mol. The molecule has 102 valence electrons. The van der Waals surface area contributed by atoms with Crippen molar-refractivity contribution in [3.05, 3.63) is 30.3 Å². The lowest BCUT2D eigenvalue weighted by Crippen LogP contribution is -2.50. The maximum atomic E-state index is 12.1. The van der Waals surface area contributed by atoms with Gasteiger partial charge in [-0.15, -0.1) is 0 Å². The summed E-state index contributed by atoms with van der Waals surface area (Å²) < 4.78 is 0. The van der Waals surface area contributed by atoms with E-state index in [4.69, 9.17) is 5.11 Å². The lowest BCUT2D eigenvalue weighted by molar-refractivity contribution is -0.135. The van der Waals surface area contributed by atoms with Gasteiger partial charge >= 0.3 is 12.0 Å². The first-order valence-electron chi connectivity index (χ1n) is 6.41. The fourth-order valence-corrected chi connectivity index (χ4v) is 2.30. The Bertz CT molecular complexity index is 455. The predicted octanol–water partition coefficient (Wildman–Crippen LogP) is 2.09. The summed E-state index contributed by atoms with van der Waals surface area (Å²) in [7, 11) is 0. The molecular formula is C14H18N2O3. The van der Waals surface area contributed by atoms with Crippen molar-refractivity contribution in [3.8, 4) is 0 Å². The van der Waals surface area contributed by atoms with Crippen molar-refractivity contribution in [3.63, 3.8) is 0 Å². The number of nitrogens with zero attached hydrogens (tertiary/aromatic N) is 1. The largest absolute Gasteiger partial charge is 0.480 e. The van der Waals surface area contributed by atoms with Gasteiger partial charge in [-0.3, -0.25) is 9.69 Å². The second kappa shape index (κ2) is 5.73. The van der Waals surface area contributed by atoms with Gasteiger partial charge in [0, 0.05) is 11.7 Å². The van der Waals surface area contributed by atoms with Gasteiger partial charge in [0.1, 0.15) is 6.54 Å². The zero-order chi connectivity index (χ0) is 13.8. The SMILES string of the molecule is CC1CC(NC(=O)N(CC(=O)O)c2ccccc2)C1. The molecule has 0 unspecified atom stereocenters. The maximum absolute atomic E-state index is 12.1. The molecule has 19 heavy (non-hydrogen) atoms. The van der Waals surface area contributed by atoms with Gasteiger partial charge < -0.3 is 10.4 Å². The Kier molecular flexibility index (Phi) is 4.04. The molecule has 1 aromatic rings. The van der Waals surface area contributed by atoms with E-state index in [9.17, 15) is 9.59 Å². The Morgan fingerprint density at radius 2 is 1.95 bits per heavy atom. The number of carbonyl (C=O) groups excluding carboxylic acids is 1. The normalized spacial score (nSPS) is 21.3. The van der Waals surface area contributed by atoms with Crippen molar-refractivity contribution in [2.24, 2.45) is 5.92 Å². The number of aliphatic carboxylic acids is 1. The molecule has 0 radical (unpaired) electrons. The van der Waals surface area contributed by atoms with E-state index in [1.807, 2.05) is 6.07 Å². The summed E-state index contributed by atoms with van der Waals surface area (Å²) in [4.78, 5) is 24.3. The minimum atomic E-state index is -1.03. The van der Waals surface area contributed by atoms with Crippen LogP contribution in [0.5, 0.6) is 0 Å². The molecule has 0 heterocycles. The number of carboxylic acids is 1. The number of urea groups is 1. The van der Waals surface area contributed by atoms with Crippen LogP contribution in [0.4, 0.5) is 10.5 Å². The Balaban J connectivity index is 2.04. The topological polar surface area (TPSA) is 69.6 Å². The van der Waals surface area contributed by atoms with Crippen molar-refractivity contribution in [2.45, 2.75) is 25.8 Å². The van der Waals surface area contributed by atoms with E-state index in [2.05, 4.69) is 12.2 Å². The zero-order valence-corrected chi connectivity index (χ0v) is 10.9. The highest BCUT2D eigenvalue weighted by molar-refractivity contribution is 5.96. The van der Waals surface area contributed by atoms with Crippen LogP contribution in [0.3, 0.4) is 0 Å². The van der Waals surface area contributed by atoms with E-state index in [-0.39, 0.29) is 18.6 Å². The summed E-state index contributed by atoms with van der Waals surface area (Å²) in [5.41, 5.74) is 0.592. The van der Waals surface area contributed by atoms with Crippen molar-refractivity contribution >= 4 is 17.7 Å². The van der Waals surface area contributed by atoms with Gasteiger partial charge in [0.25, 0.3) is 0 Å². The van der Waals surface area contributed by atoms with E-state index >= 15 is 0 Å². The monoisotopic (exact) mass is 262 g/mol. The number of hydrogen-bond acceptors (Lipinski definition) is 2. The lowest BCUT2D eigenvalue weighted by atomic mass is 9.82. The first-order chi connectivity index (χ1) is 9.06. The number of carboxylic acid groups (broad SMARTS) is 1. The molecule has 0 spiro atoms.